The van der Waals surface area contributed by atoms with E-state index in [9.17, 15) is 14.3 Å². The first-order valence-electron chi connectivity index (χ1n) is 7.78. The minimum atomic E-state index is -0.928. The number of aliphatic hydroxyl groups is 1. The van der Waals surface area contributed by atoms with Crippen LogP contribution in [0.3, 0.4) is 0 Å². The maximum atomic E-state index is 12.9. The van der Waals surface area contributed by atoms with Gasteiger partial charge in [0.2, 0.25) is 0 Å². The lowest BCUT2D eigenvalue weighted by molar-refractivity contribution is 0.0842. The highest BCUT2D eigenvalue weighted by Gasteiger charge is 2.26. The van der Waals surface area contributed by atoms with Crippen molar-refractivity contribution in [2.45, 2.75) is 44.8 Å². The van der Waals surface area contributed by atoms with Crippen LogP contribution >= 0.6 is 0 Å². The zero-order valence-electron chi connectivity index (χ0n) is 12.9. The molecule has 0 spiro atoms. The van der Waals surface area contributed by atoms with Gasteiger partial charge < -0.3 is 14.9 Å². The van der Waals surface area contributed by atoms with Gasteiger partial charge in [-0.05, 0) is 43.9 Å². The molecule has 1 aliphatic rings. The molecule has 0 fully saturated rings. The van der Waals surface area contributed by atoms with Crippen molar-refractivity contribution in [1.82, 2.24) is 10.5 Å². The molecule has 1 aromatic carbocycles. The lowest BCUT2D eigenvalue weighted by Gasteiger charge is -2.20. The molecule has 2 atom stereocenters. The minimum absolute atomic E-state index is 0.304. The lowest BCUT2D eigenvalue weighted by atomic mass is 9.96. The Labute approximate surface area is 133 Å². The molecule has 1 aromatic heterocycles. The van der Waals surface area contributed by atoms with Crippen LogP contribution in [0.2, 0.25) is 0 Å². The van der Waals surface area contributed by atoms with Gasteiger partial charge in [0.05, 0.1) is 12.1 Å². The summed E-state index contributed by atoms with van der Waals surface area (Å²) in [6, 6.07) is 5.02. The summed E-state index contributed by atoms with van der Waals surface area (Å²) in [5.41, 5.74) is 1.72. The first-order valence-corrected chi connectivity index (χ1v) is 7.78. The predicted octanol–water partition coefficient (Wildman–Crippen LogP) is 2.54. The van der Waals surface area contributed by atoms with E-state index >= 15 is 0 Å². The molecule has 1 amide bonds. The summed E-state index contributed by atoms with van der Waals surface area (Å²) in [5.74, 6) is 0.0607. The predicted molar refractivity (Wildman–Crippen MR) is 81.4 cm³/mol. The number of carbonyl (C=O) groups excluding carboxylic acids is 1. The molecule has 3 rings (SSSR count). The fourth-order valence-corrected chi connectivity index (χ4v) is 2.87. The highest BCUT2D eigenvalue weighted by atomic mass is 19.1. The van der Waals surface area contributed by atoms with Crippen LogP contribution in [0.15, 0.2) is 28.8 Å². The van der Waals surface area contributed by atoms with Crippen LogP contribution < -0.4 is 5.32 Å². The normalized spacial score (nSPS) is 16.5. The first kappa shape index (κ1) is 15.7. The number of aromatic nitrogens is 1. The Kier molecular flexibility index (Phi) is 4.43. The van der Waals surface area contributed by atoms with Crippen molar-refractivity contribution in [3.05, 3.63) is 52.7 Å². The summed E-state index contributed by atoms with van der Waals surface area (Å²) in [6.45, 7) is 1.69. The van der Waals surface area contributed by atoms with Gasteiger partial charge in [-0.2, -0.15) is 0 Å². The van der Waals surface area contributed by atoms with Gasteiger partial charge in [-0.25, -0.2) is 4.39 Å². The molecule has 6 heteroatoms. The van der Waals surface area contributed by atoms with Crippen LogP contribution in [0.5, 0.6) is 0 Å². The summed E-state index contributed by atoms with van der Waals surface area (Å²) >= 11 is 0. The molecule has 0 saturated carbocycles. The van der Waals surface area contributed by atoms with E-state index in [1.807, 2.05) is 0 Å². The summed E-state index contributed by atoms with van der Waals surface area (Å²) in [5, 5.41) is 16.9. The second-order valence-electron chi connectivity index (χ2n) is 5.90. The van der Waals surface area contributed by atoms with Gasteiger partial charge in [0.1, 0.15) is 11.6 Å². The molecular weight excluding hydrogens is 299 g/mol. The van der Waals surface area contributed by atoms with Gasteiger partial charge in [-0.1, -0.05) is 17.3 Å². The molecule has 1 heterocycles. The molecule has 2 unspecified atom stereocenters. The van der Waals surface area contributed by atoms with Crippen molar-refractivity contribution in [1.29, 1.82) is 0 Å². The standard InChI is InChI=1S/C17H19FN2O3/c1-10(16(21)11-6-8-12(18)9-7-11)19-17(22)15-13-4-2-3-5-14(13)23-20-15/h6-10,16,21H,2-5H2,1H3,(H,19,22). The molecule has 0 bridgehead atoms. The number of amides is 1. The zero-order valence-corrected chi connectivity index (χ0v) is 12.9. The van der Waals surface area contributed by atoms with Crippen molar-refractivity contribution in [3.63, 3.8) is 0 Å². The fourth-order valence-electron chi connectivity index (χ4n) is 2.87. The molecule has 5 nitrogen and oxygen atoms in total. The maximum absolute atomic E-state index is 12.9. The molecule has 122 valence electrons. The number of fused-ring (bicyclic) bond motifs is 1. The maximum Gasteiger partial charge on any atom is 0.274 e. The van der Waals surface area contributed by atoms with Crippen LogP contribution in [0.1, 0.15) is 53.2 Å². The van der Waals surface area contributed by atoms with Crippen molar-refractivity contribution in [3.8, 4) is 0 Å². The van der Waals surface area contributed by atoms with Gasteiger partial charge in [0.25, 0.3) is 5.91 Å². The molecular formula is C17H19FN2O3. The van der Waals surface area contributed by atoms with E-state index < -0.39 is 12.1 Å². The Hall–Kier alpha value is -2.21. The average molecular weight is 318 g/mol. The molecule has 1 aliphatic carbocycles. The molecule has 0 aliphatic heterocycles. The Morgan fingerprint density at radius 2 is 2.00 bits per heavy atom. The number of rotatable bonds is 4. The number of halogens is 1. The topological polar surface area (TPSA) is 75.4 Å². The zero-order chi connectivity index (χ0) is 16.4. The molecule has 0 radical (unpaired) electrons. The van der Waals surface area contributed by atoms with E-state index in [1.165, 1.54) is 24.3 Å². The Bertz CT molecular complexity index is 696. The summed E-state index contributed by atoms with van der Waals surface area (Å²) in [6.07, 6.45) is 2.73. The largest absolute Gasteiger partial charge is 0.386 e. The van der Waals surface area contributed by atoms with Crippen LogP contribution in [0.25, 0.3) is 0 Å². The lowest BCUT2D eigenvalue weighted by Crippen LogP contribution is -2.37. The molecule has 2 aromatic rings. The first-order chi connectivity index (χ1) is 11.1. The second-order valence-corrected chi connectivity index (χ2v) is 5.90. The number of carbonyl (C=O) groups is 1. The number of nitrogens with zero attached hydrogens (tertiary/aromatic N) is 1. The van der Waals surface area contributed by atoms with Gasteiger partial charge in [0.15, 0.2) is 5.69 Å². The smallest absolute Gasteiger partial charge is 0.274 e. The minimum Gasteiger partial charge on any atom is -0.386 e. The number of benzene rings is 1. The molecule has 23 heavy (non-hydrogen) atoms. The Morgan fingerprint density at radius 1 is 1.30 bits per heavy atom. The number of aryl methyl sites for hydroxylation is 1. The van der Waals surface area contributed by atoms with E-state index in [1.54, 1.807) is 6.92 Å². The van der Waals surface area contributed by atoms with Crippen molar-refractivity contribution >= 4 is 5.91 Å². The SMILES string of the molecule is CC(NC(=O)c1noc2c1CCCC2)C(O)c1ccc(F)cc1. The third-order valence-corrected chi connectivity index (χ3v) is 4.21. The average Bonchev–Trinajstić information content (AvgIpc) is 2.99. The van der Waals surface area contributed by atoms with Crippen LogP contribution in [0, 0.1) is 5.82 Å². The van der Waals surface area contributed by atoms with Crippen LogP contribution in [-0.2, 0) is 12.8 Å². The van der Waals surface area contributed by atoms with Gasteiger partial charge in [-0.3, -0.25) is 4.79 Å². The highest BCUT2D eigenvalue weighted by molar-refractivity contribution is 5.94. The third kappa shape index (κ3) is 3.27. The van der Waals surface area contributed by atoms with E-state index in [4.69, 9.17) is 4.52 Å². The summed E-state index contributed by atoms with van der Waals surface area (Å²) in [7, 11) is 0. The fraction of sp³-hybridized carbons (Fsp3) is 0.412. The van der Waals surface area contributed by atoms with E-state index in [0.29, 0.717) is 11.3 Å². The van der Waals surface area contributed by atoms with Gasteiger partial charge >= 0.3 is 0 Å². The monoisotopic (exact) mass is 318 g/mol. The molecule has 2 N–H and O–H groups in total. The number of nitrogens with one attached hydrogen (secondary N) is 1. The van der Waals surface area contributed by atoms with E-state index in [0.717, 1.165) is 37.0 Å². The van der Waals surface area contributed by atoms with Crippen molar-refractivity contribution in [2.75, 3.05) is 0 Å². The highest BCUT2D eigenvalue weighted by Crippen LogP contribution is 2.24. The Morgan fingerprint density at radius 3 is 2.74 bits per heavy atom. The van der Waals surface area contributed by atoms with Gasteiger partial charge in [0, 0.05) is 12.0 Å². The number of aliphatic hydroxyl groups excluding tert-OH is 1. The third-order valence-electron chi connectivity index (χ3n) is 4.21. The van der Waals surface area contributed by atoms with Crippen LogP contribution in [0.4, 0.5) is 4.39 Å². The summed E-state index contributed by atoms with van der Waals surface area (Å²) < 4.78 is 18.2. The second kappa shape index (κ2) is 6.50. The number of hydrogen-bond donors (Lipinski definition) is 2. The van der Waals surface area contributed by atoms with Gasteiger partial charge in [-0.15, -0.1) is 0 Å². The van der Waals surface area contributed by atoms with E-state index in [-0.39, 0.29) is 11.7 Å². The van der Waals surface area contributed by atoms with Crippen molar-refractivity contribution in [2.24, 2.45) is 0 Å². The van der Waals surface area contributed by atoms with Crippen molar-refractivity contribution < 1.29 is 18.8 Å². The van der Waals surface area contributed by atoms with E-state index in [2.05, 4.69) is 10.5 Å². The van der Waals surface area contributed by atoms with Crippen LogP contribution in [-0.4, -0.2) is 22.2 Å². The number of hydrogen-bond acceptors (Lipinski definition) is 4. The summed E-state index contributed by atoms with van der Waals surface area (Å²) in [4.78, 5) is 12.4. The Balaban J connectivity index is 1.69. The molecule has 0 saturated heterocycles. The quantitative estimate of drug-likeness (QED) is 0.908.